The van der Waals surface area contributed by atoms with Gasteiger partial charge < -0.3 is 9.84 Å². The Morgan fingerprint density at radius 1 is 1.20 bits per heavy atom. The molecule has 0 bridgehead atoms. The van der Waals surface area contributed by atoms with Gasteiger partial charge in [0.05, 0.1) is 22.2 Å². The number of halogens is 3. The smallest absolute Gasteiger partial charge is 0.418 e. The Morgan fingerprint density at radius 3 is 2.51 bits per heavy atom. The molecule has 49 heavy (non-hydrogen) atoms. The van der Waals surface area contributed by atoms with Crippen molar-refractivity contribution in [2.24, 2.45) is 0 Å². The second kappa shape index (κ2) is 14.6. The predicted octanol–water partition coefficient (Wildman–Crippen LogP) is 8.22. The monoisotopic (exact) mass is 714 g/mol. The van der Waals surface area contributed by atoms with Crippen LogP contribution in [0.25, 0.3) is 17.0 Å². The van der Waals surface area contributed by atoms with Gasteiger partial charge >= 0.3 is 12.1 Å². The first-order chi connectivity index (χ1) is 23.1. The van der Waals surface area contributed by atoms with E-state index in [-0.39, 0.29) is 35.3 Å². The van der Waals surface area contributed by atoms with Crippen LogP contribution in [0.5, 0.6) is 0 Å². The number of carbonyl (C=O) groups is 2. The molecule has 1 N–H and O–H groups in total. The van der Waals surface area contributed by atoms with Crippen LogP contribution in [0.15, 0.2) is 65.8 Å². The fourth-order valence-corrected chi connectivity index (χ4v) is 7.76. The summed E-state index contributed by atoms with van der Waals surface area (Å²) in [6.45, 7) is 6.12. The van der Waals surface area contributed by atoms with E-state index in [9.17, 15) is 19.7 Å². The molecule has 4 aromatic rings. The number of fused-ring (bicyclic) bond motifs is 3. The zero-order chi connectivity index (χ0) is 35.6. The molecule has 0 saturated carbocycles. The standard InChI is InChI=1S/C34H33F3N4O6S2/c1-19-13-24-23-7-5-6-8-27(23)40(33(44)47-17-20(2)48-49-28-11-10-22(16-38-28)41(45)46)31(24)32(39(19)18-34(3,4)37)30-25(35)14-21(15-26(30)36)9-12-29(42)43/h5-12,14-16,19-20,32H,13,17-18H2,1-4H3,(H,42,43)/b12-9+/t19-,20-,32-/m1/s1. The third kappa shape index (κ3) is 8.11. The molecule has 0 spiro atoms. The highest BCUT2D eigenvalue weighted by molar-refractivity contribution is 8.76. The highest BCUT2D eigenvalue weighted by Gasteiger charge is 2.43. The topological polar surface area (TPSA) is 128 Å². The third-order valence-electron chi connectivity index (χ3n) is 7.88. The van der Waals surface area contributed by atoms with Crippen LogP contribution < -0.4 is 0 Å². The van der Waals surface area contributed by atoms with Gasteiger partial charge in [-0.3, -0.25) is 15.0 Å². The van der Waals surface area contributed by atoms with Gasteiger partial charge in [-0.2, -0.15) is 0 Å². The molecule has 5 rings (SSSR count). The summed E-state index contributed by atoms with van der Waals surface area (Å²) in [6.07, 6.45) is 2.56. The lowest BCUT2D eigenvalue weighted by atomic mass is 9.86. The molecule has 2 aromatic heterocycles. The number of hydrogen-bond donors (Lipinski definition) is 1. The Morgan fingerprint density at radius 2 is 1.90 bits per heavy atom. The number of nitrogens with zero attached hydrogens (tertiary/aromatic N) is 4. The van der Waals surface area contributed by atoms with Gasteiger partial charge in [0.2, 0.25) is 0 Å². The number of para-hydroxylation sites is 1. The van der Waals surface area contributed by atoms with Crippen LogP contribution in [-0.4, -0.2) is 66.7 Å². The van der Waals surface area contributed by atoms with Crippen molar-refractivity contribution < 1.29 is 37.5 Å². The summed E-state index contributed by atoms with van der Waals surface area (Å²) in [6, 6.07) is 10.3. The number of carboxylic acid groups (broad SMARTS) is 1. The van der Waals surface area contributed by atoms with E-state index in [0.29, 0.717) is 27.9 Å². The van der Waals surface area contributed by atoms with Crippen LogP contribution in [0.2, 0.25) is 0 Å². The quantitative estimate of drug-likeness (QED) is 0.0703. The summed E-state index contributed by atoms with van der Waals surface area (Å²) in [4.78, 5) is 41.1. The van der Waals surface area contributed by atoms with Gasteiger partial charge in [-0.05, 0) is 86.4 Å². The minimum Gasteiger partial charge on any atom is -0.478 e. The van der Waals surface area contributed by atoms with E-state index >= 15 is 13.2 Å². The Bertz CT molecular complexity index is 1910. The predicted molar refractivity (Wildman–Crippen MR) is 182 cm³/mol. The Kier molecular flexibility index (Phi) is 10.7. The fourth-order valence-electron chi connectivity index (χ4n) is 5.90. The van der Waals surface area contributed by atoms with Crippen LogP contribution in [0.1, 0.15) is 56.1 Å². The van der Waals surface area contributed by atoms with Crippen LogP contribution in [0.3, 0.4) is 0 Å². The van der Waals surface area contributed by atoms with Crippen molar-refractivity contribution >= 4 is 56.3 Å². The van der Waals surface area contributed by atoms with E-state index in [1.54, 1.807) is 23.1 Å². The second-order valence-electron chi connectivity index (χ2n) is 12.3. The lowest BCUT2D eigenvalue weighted by Gasteiger charge is -2.43. The molecular weight excluding hydrogens is 682 g/mol. The number of carbonyl (C=O) groups excluding carboxylic acids is 1. The first-order valence-electron chi connectivity index (χ1n) is 15.2. The van der Waals surface area contributed by atoms with Gasteiger partial charge in [0.1, 0.15) is 35.1 Å². The van der Waals surface area contributed by atoms with E-state index in [2.05, 4.69) is 4.98 Å². The van der Waals surface area contributed by atoms with Crippen molar-refractivity contribution in [2.75, 3.05) is 13.2 Å². The van der Waals surface area contributed by atoms with Crippen molar-refractivity contribution in [1.29, 1.82) is 0 Å². The number of rotatable bonds is 11. The van der Waals surface area contributed by atoms with Crippen molar-refractivity contribution in [1.82, 2.24) is 14.5 Å². The Hall–Kier alpha value is -4.34. The van der Waals surface area contributed by atoms with Crippen molar-refractivity contribution in [3.63, 3.8) is 0 Å². The van der Waals surface area contributed by atoms with E-state index in [0.717, 1.165) is 30.5 Å². The normalized spacial score (nSPS) is 17.3. The number of aromatic nitrogens is 2. The largest absolute Gasteiger partial charge is 0.478 e. The van der Waals surface area contributed by atoms with E-state index in [1.165, 1.54) is 52.1 Å². The molecule has 3 atom stereocenters. The van der Waals surface area contributed by atoms with Crippen molar-refractivity contribution in [3.05, 3.63) is 105 Å². The van der Waals surface area contributed by atoms with Gasteiger partial charge in [-0.25, -0.2) is 32.3 Å². The zero-order valence-corrected chi connectivity index (χ0v) is 28.6. The van der Waals surface area contributed by atoms with Gasteiger partial charge in [0.15, 0.2) is 0 Å². The van der Waals surface area contributed by atoms with Gasteiger partial charge in [0.25, 0.3) is 5.69 Å². The van der Waals surface area contributed by atoms with Gasteiger partial charge in [-0.15, -0.1) is 0 Å². The highest BCUT2D eigenvalue weighted by Crippen LogP contribution is 2.45. The minimum atomic E-state index is -1.78. The molecule has 0 saturated heterocycles. The molecule has 0 amide bonds. The number of alkyl halides is 1. The summed E-state index contributed by atoms with van der Waals surface area (Å²) in [5, 5.41) is 20.9. The zero-order valence-electron chi connectivity index (χ0n) is 26.9. The number of aliphatic carboxylic acids is 1. The summed E-state index contributed by atoms with van der Waals surface area (Å²) in [5.74, 6) is -3.25. The number of carboxylic acids is 1. The van der Waals surface area contributed by atoms with Crippen LogP contribution in [0, 0.1) is 21.7 Å². The summed E-state index contributed by atoms with van der Waals surface area (Å²) < 4.78 is 54.6. The first-order valence-corrected chi connectivity index (χ1v) is 17.4. The molecule has 15 heteroatoms. The number of ether oxygens (including phenoxy) is 1. The SMILES string of the molecule is C[C@H](COC(=O)n1c2c(c3ccccc31)C[C@@H](C)N(CC(C)(C)F)[C@@H]2c1c(F)cc(/C=C/C(=O)O)cc1F)SSc1ccc([N+](=O)[O-])cn1. The van der Waals surface area contributed by atoms with E-state index in [4.69, 9.17) is 9.84 Å². The second-order valence-corrected chi connectivity index (χ2v) is 15.0. The van der Waals surface area contributed by atoms with Crippen LogP contribution in [-0.2, 0) is 16.0 Å². The first kappa shape index (κ1) is 36.0. The molecule has 258 valence electrons. The fraction of sp³-hybridized carbons (Fsp3) is 0.324. The van der Waals surface area contributed by atoms with E-state index < -0.39 is 51.9 Å². The average Bonchev–Trinajstić information content (AvgIpc) is 3.36. The average molecular weight is 715 g/mol. The van der Waals surface area contributed by atoms with Crippen molar-refractivity contribution in [3.8, 4) is 0 Å². The third-order valence-corrected chi connectivity index (χ3v) is 10.6. The molecule has 1 aliphatic heterocycles. The minimum absolute atomic E-state index is 0.0177. The molecule has 0 aliphatic carbocycles. The molecule has 0 unspecified atom stereocenters. The summed E-state index contributed by atoms with van der Waals surface area (Å²) >= 11 is 0. The Balaban J connectivity index is 1.53. The summed E-state index contributed by atoms with van der Waals surface area (Å²) in [7, 11) is 2.60. The number of pyridine rings is 1. The molecule has 2 aromatic carbocycles. The maximum atomic E-state index is 16.1. The molecule has 3 heterocycles. The van der Waals surface area contributed by atoms with Gasteiger partial charge in [0, 0.05) is 40.9 Å². The lowest BCUT2D eigenvalue weighted by molar-refractivity contribution is -0.385. The maximum absolute atomic E-state index is 16.1. The molecule has 0 radical (unpaired) electrons. The number of nitro groups is 1. The van der Waals surface area contributed by atoms with Crippen molar-refractivity contribution in [2.45, 2.75) is 62.1 Å². The van der Waals surface area contributed by atoms with E-state index in [1.807, 2.05) is 19.9 Å². The maximum Gasteiger partial charge on any atom is 0.418 e. The molecular formula is C34H33F3N4O6S2. The summed E-state index contributed by atoms with van der Waals surface area (Å²) in [5.41, 5.74) is -0.943. The number of benzene rings is 2. The Labute approximate surface area is 287 Å². The molecule has 0 fully saturated rings. The lowest BCUT2D eigenvalue weighted by Crippen LogP contribution is -2.49. The molecule has 10 nitrogen and oxygen atoms in total. The molecule has 1 aliphatic rings. The number of hydrogen-bond acceptors (Lipinski definition) is 9. The van der Waals surface area contributed by atoms with Crippen LogP contribution >= 0.6 is 21.6 Å². The van der Waals surface area contributed by atoms with Crippen LogP contribution in [0.4, 0.5) is 23.7 Å². The highest BCUT2D eigenvalue weighted by atomic mass is 33.1. The van der Waals surface area contributed by atoms with Gasteiger partial charge in [-0.1, -0.05) is 29.0 Å².